The summed E-state index contributed by atoms with van der Waals surface area (Å²) in [6.45, 7) is 1.63. The van der Waals surface area contributed by atoms with Crippen molar-refractivity contribution in [3.63, 3.8) is 0 Å². The fourth-order valence-corrected chi connectivity index (χ4v) is 3.63. The zero-order valence-corrected chi connectivity index (χ0v) is 18.0. The number of amidine groups is 1. The van der Waals surface area contributed by atoms with Gasteiger partial charge in [-0.2, -0.15) is 0 Å². The smallest absolute Gasteiger partial charge is 0.305 e. The van der Waals surface area contributed by atoms with Crippen molar-refractivity contribution in [3.05, 3.63) is 59.7 Å². The SMILES string of the molecule is COC(=O)CCCOc1ccc2c(c1OC)NC(=CC(=O)c1cccnc1)N1CCN=C21. The van der Waals surface area contributed by atoms with Crippen molar-refractivity contribution in [2.24, 2.45) is 4.99 Å². The van der Waals surface area contributed by atoms with Crippen molar-refractivity contribution < 1.29 is 23.8 Å². The molecular weight excluding hydrogens is 412 g/mol. The second kappa shape index (κ2) is 9.51. The number of pyridine rings is 1. The molecule has 1 aromatic heterocycles. The van der Waals surface area contributed by atoms with Crippen LogP contribution in [0.3, 0.4) is 0 Å². The van der Waals surface area contributed by atoms with Crippen LogP contribution in [0.15, 0.2) is 53.5 Å². The number of carbonyl (C=O) groups excluding carboxylic acids is 2. The van der Waals surface area contributed by atoms with E-state index in [4.69, 9.17) is 9.47 Å². The van der Waals surface area contributed by atoms with Crippen molar-refractivity contribution in [1.29, 1.82) is 0 Å². The first-order chi connectivity index (χ1) is 15.6. The Kier molecular flexibility index (Phi) is 6.34. The molecule has 4 rings (SSSR count). The molecule has 2 aromatic rings. The molecule has 3 heterocycles. The monoisotopic (exact) mass is 436 g/mol. The van der Waals surface area contributed by atoms with Gasteiger partial charge in [0.15, 0.2) is 17.3 Å². The zero-order valence-electron chi connectivity index (χ0n) is 18.0. The minimum atomic E-state index is -0.278. The molecule has 0 atom stereocenters. The van der Waals surface area contributed by atoms with E-state index in [-0.39, 0.29) is 18.2 Å². The maximum absolute atomic E-state index is 12.8. The minimum absolute atomic E-state index is 0.163. The van der Waals surface area contributed by atoms with Crippen LogP contribution < -0.4 is 14.8 Å². The number of methoxy groups -OCH3 is 2. The Labute approximate surface area is 185 Å². The van der Waals surface area contributed by atoms with Crippen LogP contribution in [0.4, 0.5) is 5.69 Å². The number of carbonyl (C=O) groups is 2. The molecule has 32 heavy (non-hydrogen) atoms. The minimum Gasteiger partial charge on any atom is -0.491 e. The van der Waals surface area contributed by atoms with E-state index in [0.717, 1.165) is 11.4 Å². The van der Waals surface area contributed by atoms with Gasteiger partial charge in [-0.3, -0.25) is 19.6 Å². The summed E-state index contributed by atoms with van der Waals surface area (Å²) in [6, 6.07) is 7.19. The van der Waals surface area contributed by atoms with Crippen LogP contribution in [-0.4, -0.2) is 61.4 Å². The van der Waals surface area contributed by atoms with E-state index in [9.17, 15) is 9.59 Å². The second-order valence-electron chi connectivity index (χ2n) is 7.17. The normalized spacial score (nSPS) is 15.4. The van der Waals surface area contributed by atoms with Gasteiger partial charge in [-0.15, -0.1) is 0 Å². The number of anilines is 1. The third kappa shape index (κ3) is 4.27. The number of allylic oxidation sites excluding steroid dienone is 1. The molecule has 0 radical (unpaired) electrons. The molecule has 166 valence electrons. The molecule has 0 saturated carbocycles. The molecule has 2 aliphatic heterocycles. The summed E-state index contributed by atoms with van der Waals surface area (Å²) in [4.78, 5) is 34.7. The van der Waals surface area contributed by atoms with Gasteiger partial charge in [0.25, 0.3) is 0 Å². The van der Waals surface area contributed by atoms with E-state index < -0.39 is 0 Å². The Morgan fingerprint density at radius 3 is 2.88 bits per heavy atom. The van der Waals surface area contributed by atoms with Crippen molar-refractivity contribution in [2.75, 3.05) is 39.2 Å². The average molecular weight is 436 g/mol. The predicted molar refractivity (Wildman–Crippen MR) is 118 cm³/mol. The van der Waals surface area contributed by atoms with Crippen LogP contribution in [-0.2, 0) is 9.53 Å². The number of fused-ring (bicyclic) bond motifs is 3. The van der Waals surface area contributed by atoms with E-state index in [1.165, 1.54) is 13.3 Å². The molecule has 2 aliphatic rings. The van der Waals surface area contributed by atoms with Crippen molar-refractivity contribution in [2.45, 2.75) is 12.8 Å². The second-order valence-corrected chi connectivity index (χ2v) is 7.17. The van der Waals surface area contributed by atoms with Gasteiger partial charge in [0.2, 0.25) is 0 Å². The Morgan fingerprint density at radius 2 is 2.12 bits per heavy atom. The molecule has 0 spiro atoms. The molecule has 0 aliphatic carbocycles. The molecule has 9 nitrogen and oxygen atoms in total. The number of hydrogen-bond acceptors (Lipinski definition) is 9. The lowest BCUT2D eigenvalue weighted by atomic mass is 10.1. The summed E-state index contributed by atoms with van der Waals surface area (Å²) in [5.74, 6) is 2.00. The summed E-state index contributed by atoms with van der Waals surface area (Å²) >= 11 is 0. The first-order valence-corrected chi connectivity index (χ1v) is 10.3. The first kappa shape index (κ1) is 21.4. The third-order valence-electron chi connectivity index (χ3n) is 5.18. The van der Waals surface area contributed by atoms with Gasteiger partial charge in [-0.05, 0) is 30.7 Å². The Bertz CT molecular complexity index is 1080. The first-order valence-electron chi connectivity index (χ1n) is 10.3. The topological polar surface area (TPSA) is 102 Å². The highest BCUT2D eigenvalue weighted by molar-refractivity contribution is 6.11. The van der Waals surface area contributed by atoms with Crippen LogP contribution in [0.1, 0.15) is 28.8 Å². The van der Waals surface area contributed by atoms with E-state index in [1.54, 1.807) is 31.5 Å². The number of rotatable bonds is 8. The van der Waals surface area contributed by atoms with Crippen LogP contribution in [0.25, 0.3) is 0 Å². The highest BCUT2D eigenvalue weighted by Gasteiger charge is 2.33. The number of aliphatic imine (C=N–C) groups is 1. The van der Waals surface area contributed by atoms with Crippen LogP contribution >= 0.6 is 0 Å². The molecule has 1 aromatic carbocycles. The Morgan fingerprint density at radius 1 is 1.25 bits per heavy atom. The van der Waals surface area contributed by atoms with Gasteiger partial charge in [0.05, 0.1) is 33.1 Å². The van der Waals surface area contributed by atoms with Crippen molar-refractivity contribution in [1.82, 2.24) is 9.88 Å². The quantitative estimate of drug-likeness (QED) is 0.292. The summed E-state index contributed by atoms with van der Waals surface area (Å²) in [6.07, 6.45) is 5.50. The predicted octanol–water partition coefficient (Wildman–Crippen LogP) is 2.63. The standard InChI is InChI=1S/C23H24N4O5/c1-30-20(29)6-4-12-32-18-8-7-16-21(22(18)31-2)26-19(27-11-10-25-23(16)27)13-17(28)15-5-3-9-24-14-15/h3,5,7-9,13-14,26H,4,6,10-12H2,1-2H3. The molecule has 0 bridgehead atoms. The van der Waals surface area contributed by atoms with Gasteiger partial charge >= 0.3 is 5.97 Å². The van der Waals surface area contributed by atoms with Gasteiger partial charge in [-0.1, -0.05) is 0 Å². The van der Waals surface area contributed by atoms with Crippen molar-refractivity contribution in [3.8, 4) is 11.5 Å². The lowest BCUT2D eigenvalue weighted by molar-refractivity contribution is -0.140. The lowest BCUT2D eigenvalue weighted by Gasteiger charge is -2.32. The zero-order chi connectivity index (χ0) is 22.5. The average Bonchev–Trinajstić information content (AvgIpc) is 3.32. The number of ether oxygens (including phenoxy) is 3. The van der Waals surface area contributed by atoms with E-state index in [1.807, 2.05) is 17.0 Å². The number of benzene rings is 1. The molecule has 0 unspecified atom stereocenters. The fraction of sp³-hybridized carbons (Fsp3) is 0.304. The summed E-state index contributed by atoms with van der Waals surface area (Å²) in [5.41, 5.74) is 2.05. The fourth-order valence-electron chi connectivity index (χ4n) is 3.63. The highest BCUT2D eigenvalue weighted by atomic mass is 16.5. The number of esters is 1. The van der Waals surface area contributed by atoms with E-state index in [0.29, 0.717) is 54.7 Å². The largest absolute Gasteiger partial charge is 0.491 e. The van der Waals surface area contributed by atoms with E-state index in [2.05, 4.69) is 20.0 Å². The Hall–Kier alpha value is -3.88. The number of hydrogen-bond donors (Lipinski definition) is 1. The van der Waals surface area contributed by atoms with Crippen molar-refractivity contribution >= 4 is 23.3 Å². The van der Waals surface area contributed by atoms with Gasteiger partial charge < -0.3 is 24.4 Å². The highest BCUT2D eigenvalue weighted by Crippen LogP contribution is 2.43. The molecule has 0 amide bonds. The number of ketones is 1. The van der Waals surface area contributed by atoms with Gasteiger partial charge in [0.1, 0.15) is 11.7 Å². The Balaban J connectivity index is 1.62. The van der Waals surface area contributed by atoms with Crippen LogP contribution in [0.2, 0.25) is 0 Å². The molecule has 0 saturated heterocycles. The lowest BCUT2D eigenvalue weighted by Crippen LogP contribution is -2.36. The van der Waals surface area contributed by atoms with E-state index >= 15 is 0 Å². The maximum Gasteiger partial charge on any atom is 0.305 e. The third-order valence-corrected chi connectivity index (χ3v) is 5.18. The molecule has 9 heteroatoms. The van der Waals surface area contributed by atoms with Crippen LogP contribution in [0.5, 0.6) is 11.5 Å². The van der Waals surface area contributed by atoms with Gasteiger partial charge in [-0.25, -0.2) is 0 Å². The van der Waals surface area contributed by atoms with Crippen LogP contribution in [0, 0.1) is 0 Å². The number of nitrogens with one attached hydrogen (secondary N) is 1. The number of aromatic nitrogens is 1. The summed E-state index contributed by atoms with van der Waals surface area (Å²) < 4.78 is 16.2. The molecular formula is C23H24N4O5. The molecule has 0 fully saturated rings. The molecule has 1 N–H and O–H groups in total. The number of nitrogens with zero attached hydrogens (tertiary/aromatic N) is 3. The summed E-state index contributed by atoms with van der Waals surface area (Å²) in [7, 11) is 2.92. The summed E-state index contributed by atoms with van der Waals surface area (Å²) in [5, 5.41) is 3.33. The maximum atomic E-state index is 12.8. The van der Waals surface area contributed by atoms with Gasteiger partial charge in [0, 0.05) is 42.6 Å².